The Labute approximate surface area is 165 Å². The Morgan fingerprint density at radius 3 is 2.30 bits per heavy atom. The number of halogens is 1. The van der Waals surface area contributed by atoms with Crippen molar-refractivity contribution < 1.29 is 9.59 Å². The lowest BCUT2D eigenvalue weighted by Crippen LogP contribution is -2.53. The van der Waals surface area contributed by atoms with E-state index in [1.807, 2.05) is 50.4 Å². The van der Waals surface area contributed by atoms with Crippen LogP contribution in [-0.4, -0.2) is 59.9 Å². The number of hydrogen-bond acceptors (Lipinski definition) is 2. The highest BCUT2D eigenvalue weighted by molar-refractivity contribution is 6.31. The molecule has 1 aliphatic rings. The molecule has 3 amide bonds. The summed E-state index contributed by atoms with van der Waals surface area (Å²) < 4.78 is 0. The lowest BCUT2D eigenvalue weighted by Gasteiger charge is -2.37. The number of aryl methyl sites for hydroxylation is 1. The van der Waals surface area contributed by atoms with Crippen LogP contribution in [0.5, 0.6) is 0 Å². The number of carbonyl (C=O) groups excluding carboxylic acids is 2. The van der Waals surface area contributed by atoms with Gasteiger partial charge in [0.25, 0.3) is 5.91 Å². The van der Waals surface area contributed by atoms with Crippen molar-refractivity contribution in [2.24, 2.45) is 0 Å². The van der Waals surface area contributed by atoms with Crippen molar-refractivity contribution in [3.63, 3.8) is 0 Å². The van der Waals surface area contributed by atoms with Crippen LogP contribution in [-0.2, 0) is 6.54 Å². The van der Waals surface area contributed by atoms with Crippen molar-refractivity contribution >= 4 is 23.5 Å². The molecule has 0 aliphatic carbocycles. The van der Waals surface area contributed by atoms with E-state index >= 15 is 0 Å². The summed E-state index contributed by atoms with van der Waals surface area (Å²) >= 11 is 6.04. The van der Waals surface area contributed by atoms with Gasteiger partial charge in [-0.25, -0.2) is 4.79 Å². The Hall–Kier alpha value is -2.53. The molecule has 1 heterocycles. The van der Waals surface area contributed by atoms with E-state index in [-0.39, 0.29) is 11.9 Å². The minimum atomic E-state index is -0.0280. The van der Waals surface area contributed by atoms with Crippen molar-refractivity contribution in [3.8, 4) is 0 Å². The number of benzene rings is 2. The first-order valence-electron chi connectivity index (χ1n) is 9.05. The minimum absolute atomic E-state index is 0.00936. The predicted octanol–water partition coefficient (Wildman–Crippen LogP) is 3.66. The molecule has 0 atom stereocenters. The molecular formula is C21H24ClN3O2. The second-order valence-corrected chi connectivity index (χ2v) is 7.30. The SMILES string of the molecule is Cc1ccc(Cl)cc1C(=O)N1CCN(C(=O)N(C)Cc2ccccc2)CC1. The van der Waals surface area contributed by atoms with E-state index in [1.54, 1.807) is 26.8 Å². The number of rotatable bonds is 3. The Morgan fingerprint density at radius 1 is 1.00 bits per heavy atom. The summed E-state index contributed by atoms with van der Waals surface area (Å²) in [5, 5.41) is 0.556. The summed E-state index contributed by atoms with van der Waals surface area (Å²) in [4.78, 5) is 30.8. The van der Waals surface area contributed by atoms with Gasteiger partial charge >= 0.3 is 6.03 Å². The van der Waals surface area contributed by atoms with Gasteiger partial charge in [-0.15, -0.1) is 0 Å². The maximum absolute atomic E-state index is 12.8. The van der Waals surface area contributed by atoms with E-state index in [1.165, 1.54) is 0 Å². The van der Waals surface area contributed by atoms with E-state index in [9.17, 15) is 9.59 Å². The summed E-state index contributed by atoms with van der Waals surface area (Å²) in [5.74, 6) is -0.0280. The normalized spacial score (nSPS) is 14.2. The van der Waals surface area contributed by atoms with Gasteiger partial charge in [-0.1, -0.05) is 48.0 Å². The van der Waals surface area contributed by atoms with Crippen molar-refractivity contribution in [3.05, 3.63) is 70.2 Å². The second-order valence-electron chi connectivity index (χ2n) is 6.86. The zero-order valence-electron chi connectivity index (χ0n) is 15.7. The van der Waals surface area contributed by atoms with Gasteiger partial charge in [0, 0.05) is 50.4 Å². The molecule has 142 valence electrons. The van der Waals surface area contributed by atoms with Crippen LogP contribution in [0.3, 0.4) is 0 Å². The number of urea groups is 1. The smallest absolute Gasteiger partial charge is 0.320 e. The first-order valence-corrected chi connectivity index (χ1v) is 9.43. The zero-order chi connectivity index (χ0) is 19.4. The Kier molecular flexibility index (Phi) is 6.01. The minimum Gasteiger partial charge on any atom is -0.335 e. The average molecular weight is 386 g/mol. The molecule has 0 spiro atoms. The highest BCUT2D eigenvalue weighted by atomic mass is 35.5. The van der Waals surface area contributed by atoms with Crippen LogP contribution in [0.2, 0.25) is 5.02 Å². The molecule has 1 aliphatic heterocycles. The molecule has 0 bridgehead atoms. The molecule has 1 fully saturated rings. The Morgan fingerprint density at radius 2 is 1.63 bits per heavy atom. The molecule has 6 heteroatoms. The lowest BCUT2D eigenvalue weighted by atomic mass is 10.1. The third kappa shape index (κ3) is 4.61. The Bertz CT molecular complexity index is 817. The number of nitrogens with zero attached hydrogens (tertiary/aromatic N) is 3. The molecule has 0 saturated carbocycles. The van der Waals surface area contributed by atoms with Crippen LogP contribution in [0.15, 0.2) is 48.5 Å². The summed E-state index contributed by atoms with van der Waals surface area (Å²) in [6.45, 7) is 4.58. The van der Waals surface area contributed by atoms with Gasteiger partial charge < -0.3 is 14.7 Å². The highest BCUT2D eigenvalue weighted by Crippen LogP contribution is 2.18. The molecule has 0 radical (unpaired) electrons. The van der Waals surface area contributed by atoms with Gasteiger partial charge in [-0.3, -0.25) is 4.79 Å². The van der Waals surface area contributed by atoms with E-state index in [0.717, 1.165) is 11.1 Å². The predicted molar refractivity (Wildman–Crippen MR) is 107 cm³/mol. The van der Waals surface area contributed by atoms with Crippen LogP contribution >= 0.6 is 11.6 Å². The van der Waals surface area contributed by atoms with Crippen molar-refractivity contribution in [1.82, 2.24) is 14.7 Å². The zero-order valence-corrected chi connectivity index (χ0v) is 16.4. The van der Waals surface area contributed by atoms with Crippen LogP contribution in [0.1, 0.15) is 21.5 Å². The van der Waals surface area contributed by atoms with Crippen molar-refractivity contribution in [2.75, 3.05) is 33.2 Å². The monoisotopic (exact) mass is 385 g/mol. The third-order valence-corrected chi connectivity index (χ3v) is 5.09. The molecule has 0 aromatic heterocycles. The molecule has 3 rings (SSSR count). The molecule has 0 unspecified atom stereocenters. The van der Waals surface area contributed by atoms with Crippen LogP contribution < -0.4 is 0 Å². The number of hydrogen-bond donors (Lipinski definition) is 0. The average Bonchev–Trinajstić information content (AvgIpc) is 2.69. The van der Waals surface area contributed by atoms with Gasteiger partial charge in [0.15, 0.2) is 0 Å². The summed E-state index contributed by atoms with van der Waals surface area (Å²) in [5.41, 5.74) is 2.63. The number of amides is 3. The largest absolute Gasteiger partial charge is 0.335 e. The summed E-state index contributed by atoms with van der Waals surface area (Å²) in [7, 11) is 1.81. The molecule has 5 nitrogen and oxygen atoms in total. The van der Waals surface area contributed by atoms with Gasteiger partial charge in [0.1, 0.15) is 0 Å². The molecule has 0 N–H and O–H groups in total. The molecule has 2 aromatic rings. The molecule has 1 saturated heterocycles. The quantitative estimate of drug-likeness (QED) is 0.809. The molecular weight excluding hydrogens is 362 g/mol. The van der Waals surface area contributed by atoms with Crippen LogP contribution in [0.25, 0.3) is 0 Å². The topological polar surface area (TPSA) is 43.9 Å². The van der Waals surface area contributed by atoms with Gasteiger partial charge in [0.05, 0.1) is 0 Å². The van der Waals surface area contributed by atoms with Gasteiger partial charge in [0.2, 0.25) is 0 Å². The maximum Gasteiger partial charge on any atom is 0.320 e. The van der Waals surface area contributed by atoms with E-state index in [0.29, 0.717) is 43.3 Å². The molecule has 27 heavy (non-hydrogen) atoms. The number of piperazine rings is 1. The van der Waals surface area contributed by atoms with Crippen LogP contribution in [0.4, 0.5) is 4.79 Å². The second kappa shape index (κ2) is 8.44. The highest BCUT2D eigenvalue weighted by Gasteiger charge is 2.27. The third-order valence-electron chi connectivity index (χ3n) is 4.86. The first-order chi connectivity index (χ1) is 13.0. The summed E-state index contributed by atoms with van der Waals surface area (Å²) in [6.07, 6.45) is 0. The fraction of sp³-hybridized carbons (Fsp3) is 0.333. The van der Waals surface area contributed by atoms with Crippen molar-refractivity contribution in [1.29, 1.82) is 0 Å². The van der Waals surface area contributed by atoms with Crippen LogP contribution in [0, 0.1) is 6.92 Å². The standard InChI is InChI=1S/C21H24ClN3O2/c1-16-8-9-18(22)14-19(16)20(26)24-10-12-25(13-11-24)21(27)23(2)15-17-6-4-3-5-7-17/h3-9,14H,10-13,15H2,1-2H3. The van der Waals surface area contributed by atoms with E-state index < -0.39 is 0 Å². The fourth-order valence-electron chi connectivity index (χ4n) is 3.26. The first kappa shape index (κ1) is 19.2. The van der Waals surface area contributed by atoms with Gasteiger partial charge in [-0.05, 0) is 30.2 Å². The van der Waals surface area contributed by atoms with E-state index in [2.05, 4.69) is 0 Å². The maximum atomic E-state index is 12.8. The number of carbonyl (C=O) groups is 2. The van der Waals surface area contributed by atoms with Crippen molar-refractivity contribution in [2.45, 2.75) is 13.5 Å². The van der Waals surface area contributed by atoms with Gasteiger partial charge in [-0.2, -0.15) is 0 Å². The lowest BCUT2D eigenvalue weighted by molar-refractivity contribution is 0.0643. The fourth-order valence-corrected chi connectivity index (χ4v) is 3.43. The van der Waals surface area contributed by atoms with E-state index in [4.69, 9.17) is 11.6 Å². The Balaban J connectivity index is 1.57. The molecule has 2 aromatic carbocycles. The summed E-state index contributed by atoms with van der Waals surface area (Å²) in [6, 6.07) is 15.3.